The van der Waals surface area contributed by atoms with Crippen LogP contribution in [0.3, 0.4) is 0 Å². The molecule has 1 aliphatic rings. The maximum atomic E-state index is 11.3. The lowest BCUT2D eigenvalue weighted by atomic mass is 9.77. The lowest BCUT2D eigenvalue weighted by Gasteiger charge is -2.32. The minimum absolute atomic E-state index is 0.462. The second kappa shape index (κ2) is 6.89. The fourth-order valence-electron chi connectivity index (χ4n) is 3.06. The van der Waals surface area contributed by atoms with Crippen LogP contribution in [-0.4, -0.2) is 44.5 Å². The van der Waals surface area contributed by atoms with Gasteiger partial charge in [-0.15, -0.1) is 0 Å². The number of aryl methyl sites for hydroxylation is 1. The van der Waals surface area contributed by atoms with E-state index in [0.717, 1.165) is 23.9 Å². The standard InChI is InChI=1S/C18H24BN3O3S/c1-17(2)18(3,4)25-19(24-17)15-9-13(7-6-8-26(5)23)12-22-16(15)14(10-20)11-21-22/h9,11-12H,6-8H2,1-5H3. The SMILES string of the molecule is C[S+]([O-])CCCc1cc(B2OC(C)(C)C(C)(C)O2)c2c(C#N)cnn2c1. The van der Waals surface area contributed by atoms with Crippen molar-refractivity contribution >= 4 is 29.3 Å². The van der Waals surface area contributed by atoms with Gasteiger partial charge in [0.2, 0.25) is 0 Å². The van der Waals surface area contributed by atoms with E-state index in [4.69, 9.17) is 9.31 Å². The number of hydrogen-bond donors (Lipinski definition) is 0. The Morgan fingerprint density at radius 3 is 2.54 bits per heavy atom. The third kappa shape index (κ3) is 3.49. The molecule has 0 N–H and O–H groups in total. The number of nitriles is 1. The summed E-state index contributed by atoms with van der Waals surface area (Å²) in [6.07, 6.45) is 6.80. The monoisotopic (exact) mass is 373 g/mol. The van der Waals surface area contributed by atoms with E-state index in [2.05, 4.69) is 11.2 Å². The molecule has 8 heteroatoms. The van der Waals surface area contributed by atoms with Crippen LogP contribution < -0.4 is 5.46 Å². The molecule has 1 aliphatic heterocycles. The van der Waals surface area contributed by atoms with Crippen LogP contribution in [0.25, 0.3) is 5.52 Å². The number of pyridine rings is 1. The fourth-order valence-corrected chi connectivity index (χ4v) is 3.61. The van der Waals surface area contributed by atoms with E-state index in [9.17, 15) is 9.81 Å². The third-order valence-corrected chi connectivity index (χ3v) is 6.09. The van der Waals surface area contributed by atoms with E-state index in [1.54, 1.807) is 17.0 Å². The Kier molecular flexibility index (Phi) is 5.10. The molecule has 2 aromatic rings. The van der Waals surface area contributed by atoms with Crippen molar-refractivity contribution in [1.29, 1.82) is 5.26 Å². The number of rotatable bonds is 5. The van der Waals surface area contributed by atoms with Crippen molar-refractivity contribution in [3.63, 3.8) is 0 Å². The van der Waals surface area contributed by atoms with Gasteiger partial charge >= 0.3 is 7.12 Å². The average molecular weight is 373 g/mol. The molecule has 1 fully saturated rings. The quantitative estimate of drug-likeness (QED) is 0.590. The van der Waals surface area contributed by atoms with Gasteiger partial charge < -0.3 is 13.9 Å². The highest BCUT2D eigenvalue weighted by molar-refractivity contribution is 7.90. The van der Waals surface area contributed by atoms with Gasteiger partial charge in [-0.2, -0.15) is 10.4 Å². The molecule has 1 atom stereocenters. The molecule has 26 heavy (non-hydrogen) atoms. The topological polar surface area (TPSA) is 82.6 Å². The molecule has 138 valence electrons. The zero-order chi connectivity index (χ0) is 19.1. The maximum absolute atomic E-state index is 11.3. The molecule has 3 rings (SSSR count). The van der Waals surface area contributed by atoms with Crippen LogP contribution in [0, 0.1) is 11.3 Å². The second-order valence-electron chi connectivity index (χ2n) is 7.74. The predicted octanol–water partition coefficient (Wildman–Crippen LogP) is 1.82. The van der Waals surface area contributed by atoms with Crippen molar-refractivity contribution in [2.45, 2.75) is 51.7 Å². The maximum Gasteiger partial charge on any atom is 0.497 e. The molecule has 0 radical (unpaired) electrons. The summed E-state index contributed by atoms with van der Waals surface area (Å²) in [6.45, 7) is 8.02. The van der Waals surface area contributed by atoms with Crippen LogP contribution in [-0.2, 0) is 26.9 Å². The summed E-state index contributed by atoms with van der Waals surface area (Å²) in [4.78, 5) is 0. The highest BCUT2D eigenvalue weighted by Crippen LogP contribution is 2.37. The average Bonchev–Trinajstić information content (AvgIpc) is 3.04. The molecule has 1 unspecified atom stereocenters. The summed E-state index contributed by atoms with van der Waals surface area (Å²) < 4.78 is 25.5. The van der Waals surface area contributed by atoms with Crippen LogP contribution in [0.4, 0.5) is 0 Å². The molecule has 3 heterocycles. The molecule has 0 amide bonds. The summed E-state index contributed by atoms with van der Waals surface area (Å²) in [5.41, 5.74) is 2.16. The first-order valence-corrected chi connectivity index (χ1v) is 10.4. The van der Waals surface area contributed by atoms with Crippen molar-refractivity contribution in [2.24, 2.45) is 0 Å². The number of aromatic nitrogens is 2. The zero-order valence-electron chi connectivity index (χ0n) is 15.9. The van der Waals surface area contributed by atoms with Gasteiger partial charge in [-0.3, -0.25) is 0 Å². The summed E-state index contributed by atoms with van der Waals surface area (Å²) in [5, 5.41) is 13.8. The first kappa shape index (κ1) is 19.2. The van der Waals surface area contributed by atoms with Crippen molar-refractivity contribution in [3.8, 4) is 6.07 Å². The molecule has 0 aromatic carbocycles. The summed E-state index contributed by atoms with van der Waals surface area (Å²) in [7, 11) is -0.563. The van der Waals surface area contributed by atoms with E-state index < -0.39 is 29.5 Å². The van der Waals surface area contributed by atoms with Crippen LogP contribution in [0.5, 0.6) is 0 Å². The number of hydrogen-bond acceptors (Lipinski definition) is 5. The first-order chi connectivity index (χ1) is 12.1. The minimum Gasteiger partial charge on any atom is -0.617 e. The van der Waals surface area contributed by atoms with E-state index >= 15 is 0 Å². The summed E-state index contributed by atoms with van der Waals surface area (Å²) in [5.74, 6) is 0.659. The molecular formula is C18H24BN3O3S. The smallest absolute Gasteiger partial charge is 0.497 e. The molecule has 2 aromatic heterocycles. The lowest BCUT2D eigenvalue weighted by Crippen LogP contribution is -2.41. The zero-order valence-corrected chi connectivity index (χ0v) is 16.7. The largest absolute Gasteiger partial charge is 0.617 e. The predicted molar refractivity (Wildman–Crippen MR) is 103 cm³/mol. The van der Waals surface area contributed by atoms with E-state index in [0.29, 0.717) is 16.8 Å². The van der Waals surface area contributed by atoms with E-state index in [1.165, 1.54) is 0 Å². The molecule has 1 saturated heterocycles. The second-order valence-corrected chi connectivity index (χ2v) is 9.29. The van der Waals surface area contributed by atoms with Crippen molar-refractivity contribution in [3.05, 3.63) is 29.6 Å². The lowest BCUT2D eigenvalue weighted by molar-refractivity contribution is 0.00578. The van der Waals surface area contributed by atoms with Crippen LogP contribution in [0.15, 0.2) is 18.5 Å². The Morgan fingerprint density at radius 1 is 1.31 bits per heavy atom. The summed E-state index contributed by atoms with van der Waals surface area (Å²) >= 11 is -0.807. The first-order valence-electron chi connectivity index (χ1n) is 8.70. The Hall–Kier alpha value is -1.53. The van der Waals surface area contributed by atoms with Gasteiger partial charge in [0, 0.05) is 11.7 Å². The third-order valence-electron chi connectivity index (χ3n) is 5.22. The van der Waals surface area contributed by atoms with Gasteiger partial charge in [-0.05, 0) is 46.1 Å². The van der Waals surface area contributed by atoms with Gasteiger partial charge in [0.05, 0.1) is 34.7 Å². The van der Waals surface area contributed by atoms with Crippen LogP contribution in [0.1, 0.15) is 45.2 Å². The molecule has 0 bridgehead atoms. The Balaban J connectivity index is 2.02. The Labute approximate surface area is 157 Å². The number of nitrogens with zero attached hydrogens (tertiary/aromatic N) is 3. The normalized spacial score (nSPS) is 19.7. The van der Waals surface area contributed by atoms with Crippen molar-refractivity contribution < 1.29 is 13.9 Å². The minimum atomic E-state index is -0.807. The van der Waals surface area contributed by atoms with Gasteiger partial charge in [0.15, 0.2) is 0 Å². The molecule has 6 nitrogen and oxygen atoms in total. The van der Waals surface area contributed by atoms with Gasteiger partial charge in [-0.1, -0.05) is 17.2 Å². The van der Waals surface area contributed by atoms with Crippen LogP contribution in [0.2, 0.25) is 0 Å². The Bertz CT molecular complexity index is 841. The van der Waals surface area contributed by atoms with Gasteiger partial charge in [0.25, 0.3) is 0 Å². The Morgan fingerprint density at radius 2 is 1.96 bits per heavy atom. The van der Waals surface area contributed by atoms with Crippen molar-refractivity contribution in [1.82, 2.24) is 9.61 Å². The van der Waals surface area contributed by atoms with E-state index in [-0.39, 0.29) is 0 Å². The molecule has 0 saturated carbocycles. The summed E-state index contributed by atoms with van der Waals surface area (Å²) in [6, 6.07) is 4.22. The molecular weight excluding hydrogens is 349 g/mol. The van der Waals surface area contributed by atoms with Crippen molar-refractivity contribution in [2.75, 3.05) is 12.0 Å². The van der Waals surface area contributed by atoms with Gasteiger partial charge in [-0.25, -0.2) is 4.52 Å². The fraction of sp³-hybridized carbons (Fsp3) is 0.556. The van der Waals surface area contributed by atoms with Gasteiger partial charge in [0.1, 0.15) is 11.8 Å². The highest BCUT2D eigenvalue weighted by Gasteiger charge is 2.52. The molecule has 0 aliphatic carbocycles. The van der Waals surface area contributed by atoms with Crippen LogP contribution >= 0.6 is 0 Å². The number of fused-ring (bicyclic) bond motifs is 1. The van der Waals surface area contributed by atoms with E-state index in [1.807, 2.05) is 40.0 Å². The molecule has 0 spiro atoms. The highest BCUT2D eigenvalue weighted by atomic mass is 32.2.